The van der Waals surface area contributed by atoms with E-state index in [9.17, 15) is 4.39 Å². The number of pyridine rings is 2. The molecule has 0 amide bonds. The normalized spacial score (nSPS) is 11.2. The molecule has 2 aromatic rings. The summed E-state index contributed by atoms with van der Waals surface area (Å²) in [6.45, 7) is 0. The summed E-state index contributed by atoms with van der Waals surface area (Å²) in [5.74, 6) is 0.566. The van der Waals surface area contributed by atoms with Crippen LogP contribution in [0.25, 0.3) is 5.76 Å². The van der Waals surface area contributed by atoms with E-state index in [1.807, 2.05) is 0 Å². The molecule has 116 valence electrons. The van der Waals surface area contributed by atoms with E-state index in [2.05, 4.69) is 20.6 Å². The minimum absolute atomic E-state index is 0.169. The van der Waals surface area contributed by atoms with Gasteiger partial charge in [0.25, 0.3) is 0 Å². The summed E-state index contributed by atoms with van der Waals surface area (Å²) in [4.78, 5) is 8.19. The second kappa shape index (κ2) is 6.95. The molecule has 2 rings (SSSR count). The molecule has 0 unspecified atom stereocenters. The molecule has 22 heavy (non-hydrogen) atoms. The zero-order valence-electron chi connectivity index (χ0n) is 12.0. The van der Waals surface area contributed by atoms with E-state index in [1.165, 1.54) is 30.7 Å². The molecule has 0 aliphatic carbocycles. The van der Waals surface area contributed by atoms with Gasteiger partial charge in [-0.1, -0.05) is 11.6 Å². The van der Waals surface area contributed by atoms with Crippen molar-refractivity contribution >= 4 is 28.9 Å². The Kier molecular flexibility index (Phi) is 5.00. The van der Waals surface area contributed by atoms with Gasteiger partial charge in [-0.15, -0.1) is 0 Å². The lowest BCUT2D eigenvalue weighted by molar-refractivity contribution is 0.507. The van der Waals surface area contributed by atoms with E-state index in [0.717, 1.165) is 0 Å². The van der Waals surface area contributed by atoms with Crippen LogP contribution in [0.3, 0.4) is 0 Å². The number of halogens is 2. The topological polar surface area (TPSA) is 85.1 Å². The Balaban J connectivity index is 2.37. The van der Waals surface area contributed by atoms with Crippen molar-refractivity contribution in [3.63, 3.8) is 0 Å². The predicted molar refractivity (Wildman–Crippen MR) is 85.3 cm³/mol. The smallest absolute Gasteiger partial charge is 0.168 e. The first-order chi connectivity index (χ1) is 10.6. The minimum atomic E-state index is -0.446. The van der Waals surface area contributed by atoms with E-state index in [4.69, 9.17) is 22.1 Å². The molecule has 2 heterocycles. The van der Waals surface area contributed by atoms with Crippen LogP contribution in [0.1, 0.15) is 5.69 Å². The fourth-order valence-corrected chi connectivity index (χ4v) is 2.06. The standard InChI is InChI=1S/C14H15ClFN5O/c1-18-13-12(15)11(7-21-14(13)19-2)22-10(6-17)9-5-8(16)3-4-20-9/h3-7,18H,17H2,1-2H3,(H,19,21)/b10-6+. The van der Waals surface area contributed by atoms with Crippen LogP contribution in [0.2, 0.25) is 5.02 Å². The quantitative estimate of drug-likeness (QED) is 0.734. The monoisotopic (exact) mass is 323 g/mol. The van der Waals surface area contributed by atoms with Crippen molar-refractivity contribution in [2.24, 2.45) is 5.73 Å². The molecule has 0 aromatic carbocycles. The Labute approximate surface area is 132 Å². The maximum atomic E-state index is 13.3. The Bertz CT molecular complexity index is 708. The van der Waals surface area contributed by atoms with E-state index >= 15 is 0 Å². The van der Waals surface area contributed by atoms with Gasteiger partial charge in [0, 0.05) is 32.6 Å². The van der Waals surface area contributed by atoms with Gasteiger partial charge in [-0.2, -0.15) is 0 Å². The molecular formula is C14H15ClFN5O. The predicted octanol–water partition coefficient (Wildman–Crippen LogP) is 2.69. The maximum absolute atomic E-state index is 13.3. The Morgan fingerprint density at radius 2 is 2.14 bits per heavy atom. The minimum Gasteiger partial charge on any atom is -0.450 e. The summed E-state index contributed by atoms with van der Waals surface area (Å²) < 4.78 is 18.9. The molecule has 4 N–H and O–H groups in total. The van der Waals surface area contributed by atoms with Crippen LogP contribution in [0, 0.1) is 5.82 Å². The van der Waals surface area contributed by atoms with Gasteiger partial charge in [0.05, 0.1) is 11.9 Å². The molecule has 0 saturated carbocycles. The van der Waals surface area contributed by atoms with E-state index < -0.39 is 5.82 Å². The van der Waals surface area contributed by atoms with Crippen molar-refractivity contribution in [2.45, 2.75) is 0 Å². The number of ether oxygens (including phenoxy) is 1. The summed E-state index contributed by atoms with van der Waals surface area (Å²) in [5.41, 5.74) is 6.36. The van der Waals surface area contributed by atoms with Gasteiger partial charge in [0.15, 0.2) is 17.3 Å². The molecule has 2 aromatic heterocycles. The molecule has 0 aliphatic heterocycles. The van der Waals surface area contributed by atoms with Crippen LogP contribution in [-0.4, -0.2) is 24.1 Å². The molecule has 0 atom stereocenters. The lowest BCUT2D eigenvalue weighted by Crippen LogP contribution is -2.05. The summed E-state index contributed by atoms with van der Waals surface area (Å²) in [6.07, 6.45) is 3.95. The average Bonchev–Trinajstić information content (AvgIpc) is 2.53. The van der Waals surface area contributed by atoms with Crippen LogP contribution in [0.15, 0.2) is 30.7 Å². The number of aromatic nitrogens is 2. The maximum Gasteiger partial charge on any atom is 0.168 e. The SMILES string of the molecule is CNc1ncc(O/C(=C/N)c2cc(F)ccn2)c(Cl)c1NC. The van der Waals surface area contributed by atoms with Gasteiger partial charge in [0.2, 0.25) is 0 Å². The first-order valence-electron chi connectivity index (χ1n) is 6.36. The van der Waals surface area contributed by atoms with Gasteiger partial charge < -0.3 is 21.1 Å². The lowest BCUT2D eigenvalue weighted by Gasteiger charge is -2.15. The second-order valence-corrected chi connectivity index (χ2v) is 4.53. The van der Waals surface area contributed by atoms with Crippen LogP contribution < -0.4 is 21.1 Å². The van der Waals surface area contributed by atoms with E-state index in [1.54, 1.807) is 14.1 Å². The van der Waals surface area contributed by atoms with Gasteiger partial charge >= 0.3 is 0 Å². The molecule has 8 heteroatoms. The number of nitrogens with zero attached hydrogens (tertiary/aromatic N) is 2. The highest BCUT2D eigenvalue weighted by molar-refractivity contribution is 6.35. The lowest BCUT2D eigenvalue weighted by atomic mass is 10.3. The molecular weight excluding hydrogens is 309 g/mol. The number of nitrogens with two attached hydrogens (primary N) is 1. The second-order valence-electron chi connectivity index (χ2n) is 4.15. The Morgan fingerprint density at radius 1 is 1.36 bits per heavy atom. The molecule has 0 spiro atoms. The Hall–Kier alpha value is -2.54. The first-order valence-corrected chi connectivity index (χ1v) is 6.74. The van der Waals surface area contributed by atoms with Crippen molar-refractivity contribution < 1.29 is 9.13 Å². The fraction of sp³-hybridized carbons (Fsp3) is 0.143. The summed E-state index contributed by atoms with van der Waals surface area (Å²) in [5, 5.41) is 6.16. The van der Waals surface area contributed by atoms with Crippen LogP contribution >= 0.6 is 11.6 Å². The highest BCUT2D eigenvalue weighted by Crippen LogP contribution is 2.37. The third-order valence-corrected chi connectivity index (χ3v) is 3.19. The third kappa shape index (κ3) is 3.20. The number of anilines is 2. The van der Waals surface area contributed by atoms with Crippen LogP contribution in [-0.2, 0) is 0 Å². The van der Waals surface area contributed by atoms with Crippen molar-refractivity contribution in [1.29, 1.82) is 0 Å². The highest BCUT2D eigenvalue weighted by Gasteiger charge is 2.15. The fourth-order valence-electron chi connectivity index (χ4n) is 1.79. The van der Waals surface area contributed by atoms with Gasteiger partial charge in [-0.25, -0.2) is 9.37 Å². The highest BCUT2D eigenvalue weighted by atomic mass is 35.5. The number of rotatable bonds is 5. The average molecular weight is 324 g/mol. The number of nitrogens with one attached hydrogen (secondary N) is 2. The van der Waals surface area contributed by atoms with Crippen molar-refractivity contribution in [2.75, 3.05) is 24.7 Å². The summed E-state index contributed by atoms with van der Waals surface area (Å²) in [7, 11) is 3.43. The van der Waals surface area contributed by atoms with Crippen molar-refractivity contribution in [3.05, 3.63) is 47.3 Å². The number of hydrogen-bond acceptors (Lipinski definition) is 6. The zero-order valence-corrected chi connectivity index (χ0v) is 12.8. The molecule has 0 aliphatic rings. The zero-order chi connectivity index (χ0) is 16.1. The van der Waals surface area contributed by atoms with Crippen molar-refractivity contribution in [1.82, 2.24) is 9.97 Å². The van der Waals surface area contributed by atoms with Gasteiger partial charge in [0.1, 0.15) is 16.5 Å². The molecule has 0 radical (unpaired) electrons. The molecule has 0 saturated heterocycles. The largest absolute Gasteiger partial charge is 0.450 e. The molecule has 6 nitrogen and oxygen atoms in total. The summed E-state index contributed by atoms with van der Waals surface area (Å²) in [6, 6.07) is 2.44. The number of hydrogen-bond donors (Lipinski definition) is 3. The third-order valence-electron chi connectivity index (χ3n) is 2.82. The van der Waals surface area contributed by atoms with Gasteiger partial charge in [-0.3, -0.25) is 4.98 Å². The van der Waals surface area contributed by atoms with Crippen molar-refractivity contribution in [3.8, 4) is 5.75 Å². The van der Waals surface area contributed by atoms with E-state index in [-0.39, 0.29) is 17.2 Å². The first kappa shape index (κ1) is 15.8. The van der Waals surface area contributed by atoms with Crippen LogP contribution in [0.4, 0.5) is 15.9 Å². The summed E-state index contributed by atoms with van der Waals surface area (Å²) >= 11 is 6.28. The Morgan fingerprint density at radius 3 is 2.73 bits per heavy atom. The van der Waals surface area contributed by atoms with Crippen LogP contribution in [0.5, 0.6) is 5.75 Å². The van der Waals surface area contributed by atoms with Gasteiger partial charge in [-0.05, 0) is 6.07 Å². The van der Waals surface area contributed by atoms with E-state index in [0.29, 0.717) is 16.5 Å². The molecule has 0 bridgehead atoms. The molecule has 0 fully saturated rings.